The van der Waals surface area contributed by atoms with Crippen LogP contribution >= 0.6 is 11.3 Å². The van der Waals surface area contributed by atoms with Gasteiger partial charge in [0.2, 0.25) is 4.34 Å². The van der Waals surface area contributed by atoms with Crippen molar-refractivity contribution in [2.45, 2.75) is 4.34 Å². The van der Waals surface area contributed by atoms with Crippen LogP contribution in [-0.2, 0) is 10.0 Å². The molecule has 0 atom stereocenters. The van der Waals surface area contributed by atoms with Gasteiger partial charge < -0.3 is 0 Å². The molecule has 0 saturated heterocycles. The van der Waals surface area contributed by atoms with Gasteiger partial charge in [0.15, 0.2) is 0 Å². The molecule has 0 fully saturated rings. The first-order chi connectivity index (χ1) is 4.11. The van der Waals surface area contributed by atoms with Crippen LogP contribution in [0.4, 0.5) is 0 Å². The Morgan fingerprint density at radius 2 is 2.20 bits per heavy atom. The second kappa shape index (κ2) is 3.74. The van der Waals surface area contributed by atoms with Crippen molar-refractivity contribution < 1.29 is 8.42 Å². The van der Waals surface area contributed by atoms with Crippen molar-refractivity contribution in [2.24, 2.45) is 5.14 Å². The summed E-state index contributed by atoms with van der Waals surface area (Å²) in [5.74, 6) is 0. The first kappa shape index (κ1) is 10.5. The van der Waals surface area contributed by atoms with Crippen LogP contribution in [0.3, 0.4) is 0 Å². The normalized spacial score (nSPS) is 10.5. The van der Waals surface area contributed by atoms with Gasteiger partial charge >= 0.3 is 29.6 Å². The molecule has 0 aliphatic carbocycles. The Balaban J connectivity index is 0.000000810. The Labute approximate surface area is 84.0 Å². The zero-order valence-electron chi connectivity index (χ0n) is 4.18. The molecule has 10 heavy (non-hydrogen) atoms. The van der Waals surface area contributed by atoms with E-state index in [9.17, 15) is 8.42 Å². The van der Waals surface area contributed by atoms with Gasteiger partial charge in [0.25, 0.3) is 10.0 Å². The van der Waals surface area contributed by atoms with Crippen molar-refractivity contribution in [1.29, 1.82) is 0 Å². The zero-order valence-corrected chi connectivity index (χ0v) is 5.82. The Morgan fingerprint density at radius 1 is 1.60 bits per heavy atom. The first-order valence-electron chi connectivity index (χ1n) is 1.89. The third kappa shape index (κ3) is 2.60. The molecule has 8 heteroatoms. The van der Waals surface area contributed by atoms with Crippen molar-refractivity contribution in [2.75, 3.05) is 0 Å². The van der Waals surface area contributed by atoms with E-state index < -0.39 is 10.0 Å². The van der Waals surface area contributed by atoms with E-state index in [1.54, 1.807) is 0 Å². The predicted octanol–water partition coefficient (Wildman–Crippen LogP) is -1.46. The van der Waals surface area contributed by atoms with E-state index in [-0.39, 0.29) is 33.9 Å². The Bertz CT molecular complexity index is 279. The molecule has 0 radical (unpaired) electrons. The fourth-order valence-electron chi connectivity index (χ4n) is 0.287. The number of nitrogens with zero attached hydrogens (tertiary/aromatic N) is 2. The van der Waals surface area contributed by atoms with Crippen LogP contribution in [-0.4, -0.2) is 48.2 Å². The average Bonchev–Trinajstić information content (AvgIpc) is 2.08. The van der Waals surface area contributed by atoms with Crippen molar-refractivity contribution in [3.8, 4) is 0 Å². The van der Waals surface area contributed by atoms with E-state index in [4.69, 9.17) is 0 Å². The van der Waals surface area contributed by atoms with Gasteiger partial charge in [-0.2, -0.15) is 0 Å². The fraction of sp³-hybridized carbons (Fsp3) is 0. The molecule has 0 saturated carbocycles. The molecule has 1 aromatic rings. The van der Waals surface area contributed by atoms with Crippen LogP contribution in [0.15, 0.2) is 9.85 Å². The molecule has 2 N–H and O–H groups in total. The fourth-order valence-corrected chi connectivity index (χ4v) is 1.39. The second-order valence-electron chi connectivity index (χ2n) is 1.25. The van der Waals surface area contributed by atoms with Crippen LogP contribution in [0, 0.1) is 0 Å². The van der Waals surface area contributed by atoms with Crippen molar-refractivity contribution in [3.05, 3.63) is 5.51 Å². The summed E-state index contributed by atoms with van der Waals surface area (Å²) in [6.07, 6.45) is 0. The molecule has 5 nitrogen and oxygen atoms in total. The third-order valence-corrected chi connectivity index (χ3v) is 2.62. The summed E-state index contributed by atoms with van der Waals surface area (Å²) < 4.78 is 20.6. The topological polar surface area (TPSA) is 85.9 Å². The molecule has 0 unspecified atom stereocenters. The summed E-state index contributed by atoms with van der Waals surface area (Å²) in [6.45, 7) is 0. The summed E-state index contributed by atoms with van der Waals surface area (Å²) in [5.41, 5.74) is 1.31. The number of nitrogens with two attached hydrogens (primary N) is 1. The van der Waals surface area contributed by atoms with Crippen LogP contribution in [0.25, 0.3) is 0 Å². The molecule has 0 aliphatic rings. The summed E-state index contributed by atoms with van der Waals surface area (Å²) in [7, 11) is -3.61. The van der Waals surface area contributed by atoms with Gasteiger partial charge in [-0.3, -0.25) is 0 Å². The van der Waals surface area contributed by atoms with Crippen LogP contribution in [0.1, 0.15) is 0 Å². The molecule has 0 bridgehead atoms. The monoisotopic (exact) mass is 189 g/mol. The zero-order chi connectivity index (χ0) is 6.91. The predicted molar refractivity (Wildman–Crippen MR) is 38.4 cm³/mol. The Morgan fingerprint density at radius 3 is 2.40 bits per heavy atom. The molecule has 0 aliphatic heterocycles. The quantitative estimate of drug-likeness (QED) is 0.547. The molecule has 1 rings (SSSR count). The number of sulfonamides is 1. The third-order valence-electron chi connectivity index (χ3n) is 0.583. The summed E-state index contributed by atoms with van der Waals surface area (Å²) >= 11 is 0.895. The summed E-state index contributed by atoms with van der Waals surface area (Å²) in [5, 5.41) is 11.2. The van der Waals surface area contributed by atoms with E-state index in [2.05, 4.69) is 15.3 Å². The Hall–Kier alpha value is 0.470. The molecule has 0 aromatic carbocycles. The second-order valence-corrected chi connectivity index (χ2v) is 3.82. The molecule has 0 spiro atoms. The van der Waals surface area contributed by atoms with Gasteiger partial charge in [-0.25, -0.2) is 13.6 Å². The number of primary sulfonamides is 1. The Kier molecular flexibility index (Phi) is 3.92. The standard InChI is InChI=1S/C2H3N3O2S2.Na.H/c3-9(6,7)2-5-4-1-8-2;;/h1H,(H2,3,6,7);;. The van der Waals surface area contributed by atoms with Gasteiger partial charge in [0.05, 0.1) is 0 Å². The van der Waals surface area contributed by atoms with Gasteiger partial charge in [-0.15, -0.1) is 10.2 Å². The van der Waals surface area contributed by atoms with E-state index in [0.717, 1.165) is 11.3 Å². The van der Waals surface area contributed by atoms with Crippen LogP contribution < -0.4 is 5.14 Å². The van der Waals surface area contributed by atoms with Gasteiger partial charge in [-0.1, -0.05) is 11.3 Å². The van der Waals surface area contributed by atoms with Crippen LogP contribution in [0.5, 0.6) is 0 Å². The summed E-state index contributed by atoms with van der Waals surface area (Å²) in [6, 6.07) is 0. The number of hydrogen-bond acceptors (Lipinski definition) is 5. The molecule has 1 heterocycles. The van der Waals surface area contributed by atoms with E-state index in [0.29, 0.717) is 0 Å². The average molecular weight is 189 g/mol. The molecular formula is C2H4N3NaO2S2. The first-order valence-corrected chi connectivity index (χ1v) is 4.32. The molecule has 0 amide bonds. The molecular weight excluding hydrogens is 185 g/mol. The number of hydrogen-bond donors (Lipinski definition) is 1. The SMILES string of the molecule is NS(=O)(=O)c1nncs1.[NaH]. The maximum absolute atomic E-state index is 10.4. The molecule has 1 aromatic heterocycles. The number of aromatic nitrogens is 2. The van der Waals surface area contributed by atoms with Crippen molar-refractivity contribution in [3.63, 3.8) is 0 Å². The van der Waals surface area contributed by atoms with E-state index >= 15 is 0 Å². The minimum absolute atomic E-state index is 0. The van der Waals surface area contributed by atoms with E-state index in [1.807, 2.05) is 0 Å². The van der Waals surface area contributed by atoms with Crippen molar-refractivity contribution >= 4 is 50.9 Å². The van der Waals surface area contributed by atoms with Gasteiger partial charge in [0, 0.05) is 0 Å². The summed E-state index contributed by atoms with van der Waals surface area (Å²) in [4.78, 5) is 0. The molecule has 52 valence electrons. The minimum atomic E-state index is -3.61. The van der Waals surface area contributed by atoms with Crippen molar-refractivity contribution in [1.82, 2.24) is 10.2 Å². The van der Waals surface area contributed by atoms with E-state index in [1.165, 1.54) is 5.51 Å². The number of rotatable bonds is 1. The van der Waals surface area contributed by atoms with Crippen LogP contribution in [0.2, 0.25) is 0 Å². The maximum atomic E-state index is 10.4. The van der Waals surface area contributed by atoms with Gasteiger partial charge in [0.1, 0.15) is 5.51 Å². The van der Waals surface area contributed by atoms with Gasteiger partial charge in [-0.05, 0) is 0 Å².